The van der Waals surface area contributed by atoms with E-state index in [1.807, 2.05) is 18.3 Å². The molecule has 0 aliphatic rings. The average molecular weight is 452 g/mol. The number of hydrogen-bond donors (Lipinski definition) is 3. The zero-order valence-corrected chi connectivity index (χ0v) is 16.4. The number of hydrogen-bond acceptors (Lipinski definition) is 1. The molecular formula is C19H22FIN4. The molecule has 0 bridgehead atoms. The molecule has 0 amide bonds. The number of aromatic nitrogens is 1. The number of aromatic amines is 1. The van der Waals surface area contributed by atoms with E-state index < -0.39 is 0 Å². The quantitative estimate of drug-likeness (QED) is 0.304. The molecule has 0 radical (unpaired) electrons. The molecule has 4 nitrogen and oxygen atoms in total. The number of nitrogens with two attached hydrogens (primary N) is 1. The molecule has 3 aromatic rings. The van der Waals surface area contributed by atoms with Crippen LogP contribution in [0.4, 0.5) is 10.1 Å². The first-order valence-electron chi connectivity index (χ1n) is 8.07. The van der Waals surface area contributed by atoms with E-state index >= 15 is 0 Å². The van der Waals surface area contributed by atoms with Gasteiger partial charge in [-0.1, -0.05) is 19.1 Å². The number of halogens is 2. The van der Waals surface area contributed by atoms with Gasteiger partial charge in [0.25, 0.3) is 0 Å². The smallest absolute Gasteiger partial charge is 0.193 e. The van der Waals surface area contributed by atoms with Gasteiger partial charge in [0.05, 0.1) is 0 Å². The summed E-state index contributed by atoms with van der Waals surface area (Å²) in [6.07, 6.45) is 3.62. The molecule has 0 unspecified atom stereocenters. The van der Waals surface area contributed by atoms with Crippen LogP contribution < -0.4 is 11.1 Å². The maximum absolute atomic E-state index is 13.2. The standard InChI is InChI=1S/C19H21FN4.HI/c1-2-13-4-3-5-16(10-13)24-19(21)22-9-8-14-12-23-18-11-15(20)6-7-17(14)18;/h3-7,10-12,23H,2,8-9H2,1H3,(H3,21,22,24);1H. The van der Waals surface area contributed by atoms with E-state index in [2.05, 4.69) is 34.3 Å². The summed E-state index contributed by atoms with van der Waals surface area (Å²) in [5.74, 6) is 0.158. The minimum atomic E-state index is -0.239. The zero-order valence-electron chi connectivity index (χ0n) is 14.1. The Hall–Kier alpha value is -2.09. The number of anilines is 1. The number of H-pyrrole nitrogens is 1. The monoisotopic (exact) mass is 452 g/mol. The number of aliphatic imine (C=N–C) groups is 1. The Morgan fingerprint density at radius 1 is 1.24 bits per heavy atom. The molecule has 1 aromatic heterocycles. The molecule has 0 atom stereocenters. The van der Waals surface area contributed by atoms with Gasteiger partial charge in [0.1, 0.15) is 5.82 Å². The van der Waals surface area contributed by atoms with Crippen LogP contribution in [0.3, 0.4) is 0 Å². The Bertz CT molecular complexity index is 873. The van der Waals surface area contributed by atoms with E-state index in [0.717, 1.165) is 35.0 Å². The number of rotatable bonds is 5. The molecule has 132 valence electrons. The van der Waals surface area contributed by atoms with Crippen LogP contribution in [0.15, 0.2) is 53.7 Å². The topological polar surface area (TPSA) is 66.2 Å². The molecule has 4 N–H and O–H groups in total. The first kappa shape index (κ1) is 19.2. The third-order valence-corrected chi connectivity index (χ3v) is 4.00. The maximum atomic E-state index is 13.2. The highest BCUT2D eigenvalue weighted by atomic mass is 127. The molecule has 0 saturated heterocycles. The van der Waals surface area contributed by atoms with Gasteiger partial charge in [-0.05, 0) is 54.3 Å². The number of nitrogens with one attached hydrogen (secondary N) is 2. The summed E-state index contributed by atoms with van der Waals surface area (Å²) in [4.78, 5) is 7.45. The summed E-state index contributed by atoms with van der Waals surface area (Å²) in [5, 5.41) is 4.13. The Labute approximate surface area is 163 Å². The minimum absolute atomic E-state index is 0. The fourth-order valence-electron chi connectivity index (χ4n) is 2.72. The van der Waals surface area contributed by atoms with Crippen LogP contribution in [0, 0.1) is 5.82 Å². The number of nitrogens with zero attached hydrogens (tertiary/aromatic N) is 1. The fraction of sp³-hybridized carbons (Fsp3) is 0.211. The minimum Gasteiger partial charge on any atom is -0.370 e. The molecule has 1 heterocycles. The lowest BCUT2D eigenvalue weighted by Crippen LogP contribution is -2.23. The van der Waals surface area contributed by atoms with Crippen LogP contribution in [-0.4, -0.2) is 17.5 Å². The van der Waals surface area contributed by atoms with E-state index in [0.29, 0.717) is 12.5 Å². The van der Waals surface area contributed by atoms with Crippen molar-refractivity contribution >= 4 is 46.5 Å². The summed E-state index contributed by atoms with van der Waals surface area (Å²) < 4.78 is 13.2. The summed E-state index contributed by atoms with van der Waals surface area (Å²) in [6.45, 7) is 2.68. The lowest BCUT2D eigenvalue weighted by atomic mass is 10.1. The lowest BCUT2D eigenvalue weighted by molar-refractivity contribution is 0.629. The van der Waals surface area contributed by atoms with Gasteiger partial charge in [-0.25, -0.2) is 4.39 Å². The van der Waals surface area contributed by atoms with E-state index in [9.17, 15) is 4.39 Å². The van der Waals surface area contributed by atoms with Gasteiger partial charge in [-0.2, -0.15) is 0 Å². The fourth-order valence-corrected chi connectivity index (χ4v) is 2.72. The van der Waals surface area contributed by atoms with E-state index in [4.69, 9.17) is 5.73 Å². The van der Waals surface area contributed by atoms with E-state index in [1.54, 1.807) is 6.07 Å². The molecule has 0 aliphatic heterocycles. The van der Waals surface area contributed by atoms with Crippen molar-refractivity contribution < 1.29 is 4.39 Å². The predicted octanol–water partition coefficient (Wildman–Crippen LogP) is 4.46. The Morgan fingerprint density at radius 3 is 2.88 bits per heavy atom. The molecule has 3 rings (SSSR count). The predicted molar refractivity (Wildman–Crippen MR) is 113 cm³/mol. The second kappa shape index (κ2) is 8.84. The second-order valence-electron chi connectivity index (χ2n) is 5.70. The first-order chi connectivity index (χ1) is 11.7. The maximum Gasteiger partial charge on any atom is 0.193 e. The van der Waals surface area contributed by atoms with Crippen LogP contribution >= 0.6 is 24.0 Å². The lowest BCUT2D eigenvalue weighted by Gasteiger charge is -2.07. The molecule has 0 fully saturated rings. The highest BCUT2D eigenvalue weighted by Crippen LogP contribution is 2.19. The third kappa shape index (κ3) is 4.94. The van der Waals surface area contributed by atoms with Gasteiger partial charge in [-0.3, -0.25) is 4.99 Å². The molecule has 0 aliphatic carbocycles. The summed E-state index contributed by atoms with van der Waals surface area (Å²) >= 11 is 0. The Morgan fingerprint density at radius 2 is 2.08 bits per heavy atom. The van der Waals surface area contributed by atoms with Crippen molar-refractivity contribution in [2.75, 3.05) is 11.9 Å². The Balaban J connectivity index is 0.00000225. The summed E-state index contributed by atoms with van der Waals surface area (Å²) in [6, 6.07) is 12.9. The highest BCUT2D eigenvalue weighted by Gasteiger charge is 2.04. The molecule has 6 heteroatoms. The third-order valence-electron chi connectivity index (χ3n) is 4.00. The molecule has 0 saturated carbocycles. The molecule has 0 spiro atoms. The number of fused-ring (bicyclic) bond motifs is 1. The molecule has 25 heavy (non-hydrogen) atoms. The van der Waals surface area contributed by atoms with Crippen molar-refractivity contribution in [2.24, 2.45) is 10.7 Å². The van der Waals surface area contributed by atoms with Crippen molar-refractivity contribution in [2.45, 2.75) is 19.8 Å². The van der Waals surface area contributed by atoms with Crippen LogP contribution in [0.25, 0.3) is 10.9 Å². The average Bonchev–Trinajstić information content (AvgIpc) is 2.97. The number of guanidine groups is 1. The van der Waals surface area contributed by atoms with E-state index in [-0.39, 0.29) is 29.8 Å². The van der Waals surface area contributed by atoms with Crippen molar-refractivity contribution in [1.29, 1.82) is 0 Å². The van der Waals surface area contributed by atoms with Crippen LogP contribution in [0.5, 0.6) is 0 Å². The van der Waals surface area contributed by atoms with Gasteiger partial charge in [0, 0.05) is 29.3 Å². The van der Waals surface area contributed by atoms with E-state index in [1.165, 1.54) is 17.7 Å². The van der Waals surface area contributed by atoms with Gasteiger partial charge < -0.3 is 16.0 Å². The second-order valence-corrected chi connectivity index (χ2v) is 5.70. The molecular weight excluding hydrogens is 430 g/mol. The van der Waals surface area contributed by atoms with Crippen LogP contribution in [0.2, 0.25) is 0 Å². The van der Waals surface area contributed by atoms with Crippen LogP contribution in [-0.2, 0) is 12.8 Å². The number of benzene rings is 2. The van der Waals surface area contributed by atoms with Gasteiger partial charge in [-0.15, -0.1) is 24.0 Å². The normalized spacial score (nSPS) is 11.4. The van der Waals surface area contributed by atoms with Crippen molar-refractivity contribution in [3.8, 4) is 0 Å². The zero-order chi connectivity index (χ0) is 16.9. The van der Waals surface area contributed by atoms with Gasteiger partial charge >= 0.3 is 0 Å². The van der Waals surface area contributed by atoms with Crippen LogP contribution in [0.1, 0.15) is 18.1 Å². The summed E-state index contributed by atoms with van der Waals surface area (Å²) in [5.41, 5.74) is 10.1. The van der Waals surface area contributed by atoms with Crippen molar-refractivity contribution in [3.63, 3.8) is 0 Å². The highest BCUT2D eigenvalue weighted by molar-refractivity contribution is 14.0. The summed E-state index contributed by atoms with van der Waals surface area (Å²) in [7, 11) is 0. The number of aryl methyl sites for hydroxylation is 1. The van der Waals surface area contributed by atoms with Crippen molar-refractivity contribution in [3.05, 3.63) is 65.6 Å². The van der Waals surface area contributed by atoms with Gasteiger partial charge in [0.2, 0.25) is 0 Å². The van der Waals surface area contributed by atoms with Gasteiger partial charge in [0.15, 0.2) is 5.96 Å². The van der Waals surface area contributed by atoms with Crippen molar-refractivity contribution in [1.82, 2.24) is 4.98 Å². The first-order valence-corrected chi connectivity index (χ1v) is 8.07. The molecule has 2 aromatic carbocycles. The SMILES string of the molecule is CCc1cccc(NC(N)=NCCc2c[nH]c3cc(F)ccc23)c1.I. The Kier molecular flexibility index (Phi) is 6.81. The largest absolute Gasteiger partial charge is 0.370 e.